The van der Waals surface area contributed by atoms with Gasteiger partial charge < -0.3 is 10.6 Å². The minimum Gasteiger partial charge on any atom is -0.355 e. The first-order chi connectivity index (χ1) is 8.25. The fraction of sp³-hybridized carbons (Fsp3) is 0.500. The lowest BCUT2D eigenvalue weighted by atomic mass is 10.1. The summed E-state index contributed by atoms with van der Waals surface area (Å²) in [5, 5.41) is 2.15. The highest BCUT2D eigenvalue weighted by molar-refractivity contribution is 7.18. The minimum absolute atomic E-state index is 0. The molecule has 0 amide bonds. The van der Waals surface area contributed by atoms with E-state index in [9.17, 15) is 0 Å². The number of nitrogens with zero attached hydrogens (tertiary/aromatic N) is 3. The molecule has 0 spiro atoms. The van der Waals surface area contributed by atoms with E-state index in [-0.39, 0.29) is 12.4 Å². The molecule has 98 valence electrons. The Hall–Kier alpha value is -0.910. The van der Waals surface area contributed by atoms with E-state index < -0.39 is 0 Å². The first kappa shape index (κ1) is 13.5. The van der Waals surface area contributed by atoms with Crippen LogP contribution in [0, 0.1) is 6.92 Å². The highest BCUT2D eigenvalue weighted by atomic mass is 35.5. The highest BCUT2D eigenvalue weighted by Crippen LogP contribution is 2.31. The second-order valence-electron chi connectivity index (χ2n) is 4.62. The summed E-state index contributed by atoms with van der Waals surface area (Å²) in [5.74, 6) is 1.08. The largest absolute Gasteiger partial charge is 0.355 e. The highest BCUT2D eigenvalue weighted by Gasteiger charge is 2.20. The molecule has 1 saturated heterocycles. The lowest BCUT2D eigenvalue weighted by Gasteiger charge is -2.31. The van der Waals surface area contributed by atoms with Crippen LogP contribution in [-0.4, -0.2) is 29.1 Å². The molecule has 3 rings (SSSR count). The molecule has 0 radical (unpaired) electrons. The van der Waals surface area contributed by atoms with Gasteiger partial charge in [0.2, 0.25) is 0 Å². The molecule has 2 N–H and O–H groups in total. The van der Waals surface area contributed by atoms with Crippen molar-refractivity contribution in [1.82, 2.24) is 9.97 Å². The van der Waals surface area contributed by atoms with E-state index in [2.05, 4.69) is 27.2 Å². The normalized spacial score (nSPS) is 16.9. The van der Waals surface area contributed by atoms with Gasteiger partial charge in [-0.05, 0) is 30.7 Å². The zero-order valence-corrected chi connectivity index (χ0v) is 11.9. The average Bonchev–Trinajstić information content (AvgIpc) is 2.73. The predicted molar refractivity (Wildman–Crippen MR) is 78.8 cm³/mol. The molecule has 0 aromatic carbocycles. The SMILES string of the molecule is Cc1csc2c(N3CCC(N)CC3)ncnc12.Cl. The van der Waals surface area contributed by atoms with Gasteiger partial charge >= 0.3 is 0 Å². The molecule has 2 aromatic rings. The smallest absolute Gasteiger partial charge is 0.150 e. The third-order valence-electron chi connectivity index (χ3n) is 3.35. The van der Waals surface area contributed by atoms with Crippen molar-refractivity contribution in [3.63, 3.8) is 0 Å². The molecule has 1 fully saturated rings. The monoisotopic (exact) mass is 284 g/mol. The van der Waals surface area contributed by atoms with Crippen LogP contribution in [0.1, 0.15) is 18.4 Å². The molecule has 4 nitrogen and oxygen atoms in total. The van der Waals surface area contributed by atoms with Crippen LogP contribution >= 0.6 is 23.7 Å². The van der Waals surface area contributed by atoms with E-state index in [1.54, 1.807) is 17.7 Å². The van der Waals surface area contributed by atoms with Gasteiger partial charge in [-0.1, -0.05) is 0 Å². The van der Waals surface area contributed by atoms with Crippen molar-refractivity contribution in [3.05, 3.63) is 17.3 Å². The summed E-state index contributed by atoms with van der Waals surface area (Å²) in [6, 6.07) is 0.355. The number of piperidine rings is 1. The van der Waals surface area contributed by atoms with Gasteiger partial charge in [-0.2, -0.15) is 0 Å². The lowest BCUT2D eigenvalue weighted by Crippen LogP contribution is -2.40. The Bertz CT molecular complexity index is 534. The standard InChI is InChI=1S/C12H16N4S.ClH/c1-8-6-17-11-10(8)14-7-15-12(11)16-4-2-9(13)3-5-16;/h6-7,9H,2-5,13H2,1H3;1H. The first-order valence-electron chi connectivity index (χ1n) is 5.95. The van der Waals surface area contributed by atoms with Crippen molar-refractivity contribution < 1.29 is 0 Å². The van der Waals surface area contributed by atoms with Gasteiger partial charge in [0.25, 0.3) is 0 Å². The Morgan fingerprint density at radius 2 is 2.06 bits per heavy atom. The van der Waals surface area contributed by atoms with Crippen molar-refractivity contribution >= 4 is 39.8 Å². The van der Waals surface area contributed by atoms with E-state index in [0.717, 1.165) is 37.3 Å². The molecule has 1 aliphatic rings. The summed E-state index contributed by atoms with van der Waals surface area (Å²) in [6.45, 7) is 4.11. The average molecular weight is 285 g/mol. The van der Waals surface area contributed by atoms with Crippen LogP contribution in [0.25, 0.3) is 10.2 Å². The Kier molecular flexibility index (Phi) is 4.04. The molecule has 0 bridgehead atoms. The van der Waals surface area contributed by atoms with Crippen molar-refractivity contribution in [1.29, 1.82) is 0 Å². The molecule has 2 aromatic heterocycles. The maximum Gasteiger partial charge on any atom is 0.150 e. The van der Waals surface area contributed by atoms with Gasteiger partial charge in [-0.15, -0.1) is 23.7 Å². The lowest BCUT2D eigenvalue weighted by molar-refractivity contribution is 0.499. The van der Waals surface area contributed by atoms with E-state index in [4.69, 9.17) is 5.73 Å². The number of hydrogen-bond acceptors (Lipinski definition) is 5. The van der Waals surface area contributed by atoms with E-state index in [1.165, 1.54) is 10.3 Å². The number of thiophene rings is 1. The molecular formula is C12H17ClN4S. The second-order valence-corrected chi connectivity index (χ2v) is 5.50. The Morgan fingerprint density at radius 1 is 1.33 bits per heavy atom. The van der Waals surface area contributed by atoms with Gasteiger partial charge in [0, 0.05) is 19.1 Å². The Morgan fingerprint density at radius 3 is 2.78 bits per heavy atom. The van der Waals surface area contributed by atoms with E-state index in [0.29, 0.717) is 6.04 Å². The molecule has 6 heteroatoms. The predicted octanol–water partition coefficient (Wildman–Crippen LogP) is 2.35. The van der Waals surface area contributed by atoms with Crippen LogP contribution in [0.15, 0.2) is 11.7 Å². The van der Waals surface area contributed by atoms with Gasteiger partial charge in [0.05, 0.1) is 10.2 Å². The van der Waals surface area contributed by atoms with Gasteiger partial charge in [-0.25, -0.2) is 9.97 Å². The second kappa shape index (κ2) is 5.38. The van der Waals surface area contributed by atoms with Gasteiger partial charge in [0.1, 0.15) is 12.1 Å². The summed E-state index contributed by atoms with van der Waals surface area (Å²) in [6.07, 6.45) is 3.78. The Labute approximate surface area is 117 Å². The Balaban J connectivity index is 0.00000120. The third kappa shape index (κ3) is 2.30. The van der Waals surface area contributed by atoms with Gasteiger partial charge in [-0.3, -0.25) is 0 Å². The maximum absolute atomic E-state index is 5.93. The summed E-state index contributed by atoms with van der Waals surface area (Å²) >= 11 is 1.74. The zero-order valence-electron chi connectivity index (χ0n) is 10.3. The van der Waals surface area contributed by atoms with Crippen molar-refractivity contribution in [2.24, 2.45) is 5.73 Å². The molecule has 1 aliphatic heterocycles. The molecule has 3 heterocycles. The minimum atomic E-state index is 0. The van der Waals surface area contributed by atoms with Gasteiger partial charge in [0.15, 0.2) is 0 Å². The number of aromatic nitrogens is 2. The van der Waals surface area contributed by atoms with Crippen LogP contribution in [-0.2, 0) is 0 Å². The van der Waals surface area contributed by atoms with Crippen LogP contribution in [0.2, 0.25) is 0 Å². The fourth-order valence-electron chi connectivity index (χ4n) is 2.29. The third-order valence-corrected chi connectivity index (χ3v) is 4.43. The molecule has 0 atom stereocenters. The summed E-state index contributed by atoms with van der Waals surface area (Å²) in [4.78, 5) is 11.1. The van der Waals surface area contributed by atoms with E-state index in [1.807, 2.05) is 0 Å². The number of rotatable bonds is 1. The number of aryl methyl sites for hydroxylation is 1. The topological polar surface area (TPSA) is 55.0 Å². The van der Waals surface area contributed by atoms with Crippen LogP contribution in [0.5, 0.6) is 0 Å². The molecule has 0 saturated carbocycles. The van der Waals surface area contributed by atoms with E-state index >= 15 is 0 Å². The number of anilines is 1. The zero-order chi connectivity index (χ0) is 11.8. The first-order valence-corrected chi connectivity index (χ1v) is 6.83. The summed E-state index contributed by atoms with van der Waals surface area (Å²) < 4.78 is 1.21. The quantitative estimate of drug-likeness (QED) is 0.873. The molecule has 0 unspecified atom stereocenters. The number of nitrogens with two attached hydrogens (primary N) is 1. The van der Waals surface area contributed by atoms with Crippen molar-refractivity contribution in [3.8, 4) is 0 Å². The van der Waals surface area contributed by atoms with Crippen molar-refractivity contribution in [2.45, 2.75) is 25.8 Å². The number of hydrogen-bond donors (Lipinski definition) is 1. The van der Waals surface area contributed by atoms with Crippen LogP contribution in [0.4, 0.5) is 5.82 Å². The maximum atomic E-state index is 5.93. The fourth-order valence-corrected chi connectivity index (χ4v) is 3.31. The summed E-state index contributed by atoms with van der Waals surface area (Å²) in [7, 11) is 0. The number of fused-ring (bicyclic) bond motifs is 1. The molecule has 18 heavy (non-hydrogen) atoms. The summed E-state index contributed by atoms with van der Waals surface area (Å²) in [5.41, 5.74) is 8.27. The molecular weight excluding hydrogens is 268 g/mol. The van der Waals surface area contributed by atoms with Crippen molar-refractivity contribution in [2.75, 3.05) is 18.0 Å². The molecule has 0 aliphatic carbocycles. The van der Waals surface area contributed by atoms with Crippen LogP contribution < -0.4 is 10.6 Å². The van der Waals surface area contributed by atoms with Crippen LogP contribution in [0.3, 0.4) is 0 Å². The number of halogens is 1.